The summed E-state index contributed by atoms with van der Waals surface area (Å²) in [6.07, 6.45) is 0. The van der Waals surface area contributed by atoms with Gasteiger partial charge < -0.3 is 10.1 Å². The molecule has 1 aromatic heterocycles. The lowest BCUT2D eigenvalue weighted by Gasteiger charge is -2.04. The zero-order chi connectivity index (χ0) is 16.8. The first-order valence-electron chi connectivity index (χ1n) is 7.06. The van der Waals surface area contributed by atoms with Crippen LogP contribution in [0.5, 0.6) is 5.75 Å². The number of hydrogen-bond acceptors (Lipinski definition) is 7. The van der Waals surface area contributed by atoms with Crippen molar-refractivity contribution in [3.63, 3.8) is 0 Å². The highest BCUT2D eigenvalue weighted by Gasteiger charge is 2.12. The fourth-order valence-corrected chi connectivity index (χ4v) is 3.33. The Balaban J connectivity index is 1.90. The van der Waals surface area contributed by atoms with Crippen LogP contribution in [0.15, 0.2) is 22.5 Å². The summed E-state index contributed by atoms with van der Waals surface area (Å²) in [7, 11) is 1.39. The van der Waals surface area contributed by atoms with Gasteiger partial charge in [0.15, 0.2) is 21.7 Å². The molecule has 0 amide bonds. The second-order valence-electron chi connectivity index (χ2n) is 5.21. The molecule has 0 atom stereocenters. The lowest BCUT2D eigenvalue weighted by molar-refractivity contribution is 0.102. The average molecular weight is 355 g/mol. The molecule has 5 nitrogen and oxygen atoms in total. The molecular weight excluding hydrogens is 337 g/mol. The summed E-state index contributed by atoms with van der Waals surface area (Å²) >= 11 is 2.70. The number of ketones is 1. The van der Waals surface area contributed by atoms with Crippen molar-refractivity contribution in [1.82, 2.24) is 10.2 Å². The van der Waals surface area contributed by atoms with Crippen LogP contribution in [0.1, 0.15) is 24.2 Å². The number of ether oxygens (including phenoxy) is 1. The number of aromatic nitrogens is 2. The lowest BCUT2D eigenvalue weighted by Crippen LogP contribution is -2.07. The topological polar surface area (TPSA) is 64.1 Å². The molecule has 0 bridgehead atoms. The minimum atomic E-state index is -0.542. The van der Waals surface area contributed by atoms with Crippen LogP contribution in [0, 0.1) is 11.7 Å². The number of methoxy groups -OCH3 is 1. The maximum absolute atomic E-state index is 13.6. The van der Waals surface area contributed by atoms with Crippen molar-refractivity contribution in [2.45, 2.75) is 18.2 Å². The van der Waals surface area contributed by atoms with Gasteiger partial charge in [-0.25, -0.2) is 4.39 Å². The third-order valence-electron chi connectivity index (χ3n) is 2.87. The molecule has 1 heterocycles. The first-order chi connectivity index (χ1) is 11.0. The van der Waals surface area contributed by atoms with Crippen molar-refractivity contribution >= 4 is 34.0 Å². The van der Waals surface area contributed by atoms with Gasteiger partial charge >= 0.3 is 0 Å². The van der Waals surface area contributed by atoms with E-state index in [0.717, 1.165) is 11.7 Å². The molecule has 8 heteroatoms. The molecule has 23 heavy (non-hydrogen) atoms. The molecule has 0 fully saturated rings. The van der Waals surface area contributed by atoms with E-state index in [0.29, 0.717) is 15.8 Å². The summed E-state index contributed by atoms with van der Waals surface area (Å²) in [6.45, 7) is 5.04. The molecule has 0 saturated carbocycles. The number of rotatable bonds is 8. The summed E-state index contributed by atoms with van der Waals surface area (Å²) in [5.74, 6) is 0.119. The molecular formula is C15H18FN3O2S2. The van der Waals surface area contributed by atoms with Gasteiger partial charge in [-0.15, -0.1) is 10.2 Å². The van der Waals surface area contributed by atoms with E-state index in [4.69, 9.17) is 4.74 Å². The van der Waals surface area contributed by atoms with E-state index in [1.54, 1.807) is 6.07 Å². The summed E-state index contributed by atoms with van der Waals surface area (Å²) in [5, 5.41) is 12.0. The number of nitrogens with zero attached hydrogens (tertiary/aromatic N) is 2. The third kappa shape index (κ3) is 5.18. The first-order valence-corrected chi connectivity index (χ1v) is 8.86. The van der Waals surface area contributed by atoms with Crippen LogP contribution in [0.25, 0.3) is 0 Å². The van der Waals surface area contributed by atoms with E-state index in [9.17, 15) is 9.18 Å². The minimum absolute atomic E-state index is 0.124. The lowest BCUT2D eigenvalue weighted by atomic mass is 10.1. The molecule has 0 aliphatic rings. The SMILES string of the molecule is COc1ccc(C(=O)CSc2nnc(NCC(C)C)s2)cc1F. The molecule has 2 rings (SSSR count). The molecule has 124 valence electrons. The van der Waals surface area contributed by atoms with E-state index in [1.807, 2.05) is 0 Å². The van der Waals surface area contributed by atoms with E-state index in [-0.39, 0.29) is 17.3 Å². The van der Waals surface area contributed by atoms with Crippen molar-refractivity contribution in [3.05, 3.63) is 29.6 Å². The quantitative estimate of drug-likeness (QED) is 0.575. The molecule has 2 aromatic rings. The van der Waals surface area contributed by atoms with Crippen LogP contribution in [0.3, 0.4) is 0 Å². The Hall–Kier alpha value is -1.67. The third-order valence-corrected chi connectivity index (χ3v) is 4.88. The number of thioether (sulfide) groups is 1. The molecule has 0 radical (unpaired) electrons. The van der Waals surface area contributed by atoms with Crippen LogP contribution in [0.2, 0.25) is 0 Å². The predicted octanol–water partition coefficient (Wildman–Crippen LogP) is 3.73. The van der Waals surface area contributed by atoms with Crippen LogP contribution in [0.4, 0.5) is 9.52 Å². The van der Waals surface area contributed by atoms with Gasteiger partial charge in [-0.3, -0.25) is 4.79 Å². The Labute approximate surface area is 142 Å². The summed E-state index contributed by atoms with van der Waals surface area (Å²) in [5.41, 5.74) is 0.318. The fraction of sp³-hybridized carbons (Fsp3) is 0.400. The number of Topliss-reactive ketones (excluding diaryl/α,β-unsaturated/α-hetero) is 1. The monoisotopic (exact) mass is 355 g/mol. The smallest absolute Gasteiger partial charge is 0.206 e. The Bertz CT molecular complexity index is 676. The fourth-order valence-electron chi connectivity index (χ4n) is 1.68. The van der Waals surface area contributed by atoms with Crippen LogP contribution >= 0.6 is 23.1 Å². The number of hydrogen-bond donors (Lipinski definition) is 1. The Morgan fingerprint density at radius 3 is 2.87 bits per heavy atom. The second-order valence-corrected chi connectivity index (χ2v) is 7.41. The number of nitrogens with one attached hydrogen (secondary N) is 1. The molecule has 0 aliphatic carbocycles. The van der Waals surface area contributed by atoms with Crippen LogP contribution in [-0.2, 0) is 0 Å². The van der Waals surface area contributed by atoms with Gasteiger partial charge in [0.25, 0.3) is 0 Å². The maximum atomic E-state index is 13.6. The van der Waals surface area contributed by atoms with Gasteiger partial charge in [-0.05, 0) is 24.1 Å². The molecule has 0 aliphatic heterocycles. The van der Waals surface area contributed by atoms with Gasteiger partial charge in [0, 0.05) is 12.1 Å². The van der Waals surface area contributed by atoms with E-state index >= 15 is 0 Å². The Morgan fingerprint density at radius 2 is 2.22 bits per heavy atom. The van der Waals surface area contributed by atoms with Crippen molar-refractivity contribution in [3.8, 4) is 5.75 Å². The van der Waals surface area contributed by atoms with Gasteiger partial charge in [0.05, 0.1) is 12.9 Å². The first kappa shape index (κ1) is 17.7. The highest BCUT2D eigenvalue weighted by atomic mass is 32.2. The van der Waals surface area contributed by atoms with Gasteiger partial charge in [-0.1, -0.05) is 36.9 Å². The molecule has 0 unspecified atom stereocenters. The highest BCUT2D eigenvalue weighted by Crippen LogP contribution is 2.27. The normalized spacial score (nSPS) is 10.8. The second kappa shape index (κ2) is 8.26. The predicted molar refractivity (Wildman–Crippen MR) is 91.2 cm³/mol. The zero-order valence-electron chi connectivity index (χ0n) is 13.1. The van der Waals surface area contributed by atoms with Crippen molar-refractivity contribution in [2.24, 2.45) is 5.92 Å². The van der Waals surface area contributed by atoms with Gasteiger partial charge in [0.2, 0.25) is 5.13 Å². The summed E-state index contributed by atoms with van der Waals surface area (Å²) < 4.78 is 19.2. The zero-order valence-corrected chi connectivity index (χ0v) is 14.8. The number of anilines is 1. The summed E-state index contributed by atoms with van der Waals surface area (Å²) in [4.78, 5) is 12.1. The van der Waals surface area contributed by atoms with E-state index in [2.05, 4.69) is 29.4 Å². The number of benzene rings is 1. The number of carbonyl (C=O) groups excluding carboxylic acids is 1. The summed E-state index contributed by atoms with van der Waals surface area (Å²) in [6, 6.07) is 4.20. The molecule has 0 spiro atoms. The van der Waals surface area contributed by atoms with Gasteiger partial charge in [0.1, 0.15) is 0 Å². The Morgan fingerprint density at radius 1 is 1.43 bits per heavy atom. The van der Waals surface area contributed by atoms with E-state index in [1.165, 1.54) is 42.3 Å². The molecule has 1 N–H and O–H groups in total. The average Bonchev–Trinajstić information content (AvgIpc) is 2.98. The van der Waals surface area contributed by atoms with Crippen molar-refractivity contribution in [1.29, 1.82) is 0 Å². The standard InChI is InChI=1S/C15H18FN3O2S2/c1-9(2)7-17-14-18-19-15(23-14)22-8-12(20)10-4-5-13(21-3)11(16)6-10/h4-6,9H,7-8H2,1-3H3,(H,17,18). The van der Waals surface area contributed by atoms with Crippen molar-refractivity contribution in [2.75, 3.05) is 24.7 Å². The number of carbonyl (C=O) groups is 1. The van der Waals surface area contributed by atoms with Crippen LogP contribution in [-0.4, -0.2) is 35.4 Å². The van der Waals surface area contributed by atoms with Crippen molar-refractivity contribution < 1.29 is 13.9 Å². The van der Waals surface area contributed by atoms with Gasteiger partial charge in [-0.2, -0.15) is 0 Å². The maximum Gasteiger partial charge on any atom is 0.206 e. The Kier molecular flexibility index (Phi) is 6.35. The molecule has 0 saturated heterocycles. The number of halogens is 1. The highest BCUT2D eigenvalue weighted by molar-refractivity contribution is 8.01. The van der Waals surface area contributed by atoms with E-state index < -0.39 is 5.82 Å². The van der Waals surface area contributed by atoms with Crippen LogP contribution < -0.4 is 10.1 Å². The molecule has 1 aromatic carbocycles. The minimum Gasteiger partial charge on any atom is -0.494 e. The largest absolute Gasteiger partial charge is 0.494 e.